The fraction of sp³-hybridized carbons (Fsp3) is 0.304. The first kappa shape index (κ1) is 19.8. The fourth-order valence-electron chi connectivity index (χ4n) is 4.73. The number of nitriles is 1. The molecule has 0 radical (unpaired) electrons. The minimum absolute atomic E-state index is 0.00170. The van der Waals surface area contributed by atoms with Crippen molar-refractivity contribution in [1.29, 1.82) is 5.26 Å². The van der Waals surface area contributed by atoms with Gasteiger partial charge < -0.3 is 19.7 Å². The fourth-order valence-corrected chi connectivity index (χ4v) is 4.73. The molecule has 3 aromatic rings. The summed E-state index contributed by atoms with van der Waals surface area (Å²) in [5.41, 5.74) is 1.91. The molecular weight excluding hydrogens is 427 g/mol. The molecule has 1 amide bonds. The average molecular weight is 446 g/mol. The van der Waals surface area contributed by atoms with Crippen LogP contribution in [0.15, 0.2) is 36.5 Å². The number of amides is 1. The highest BCUT2D eigenvalue weighted by Gasteiger charge is 2.42. The van der Waals surface area contributed by atoms with Gasteiger partial charge in [0.25, 0.3) is 5.91 Å². The van der Waals surface area contributed by atoms with Crippen molar-refractivity contribution >= 4 is 11.7 Å². The van der Waals surface area contributed by atoms with E-state index in [1.807, 2.05) is 19.1 Å². The molecule has 3 aliphatic rings. The predicted molar refractivity (Wildman–Crippen MR) is 114 cm³/mol. The van der Waals surface area contributed by atoms with Crippen LogP contribution in [0.1, 0.15) is 28.5 Å². The van der Waals surface area contributed by atoms with Crippen molar-refractivity contribution in [3.05, 3.63) is 59.2 Å². The smallest absolute Gasteiger partial charge is 0.255 e. The van der Waals surface area contributed by atoms with Crippen LogP contribution in [0.25, 0.3) is 16.9 Å². The van der Waals surface area contributed by atoms with Gasteiger partial charge in [0, 0.05) is 25.4 Å². The van der Waals surface area contributed by atoms with Gasteiger partial charge >= 0.3 is 0 Å². The number of rotatable bonds is 3. The maximum atomic E-state index is 14.7. The number of pyridine rings is 1. The second kappa shape index (κ2) is 7.37. The summed E-state index contributed by atoms with van der Waals surface area (Å²) in [5, 5.41) is 16.9. The van der Waals surface area contributed by atoms with Crippen LogP contribution < -0.4 is 10.2 Å². The topological polar surface area (TPSA) is 105 Å². The van der Waals surface area contributed by atoms with E-state index in [0.717, 1.165) is 5.82 Å². The maximum absolute atomic E-state index is 14.7. The molecule has 0 spiro atoms. The molecule has 5 heterocycles. The van der Waals surface area contributed by atoms with Crippen LogP contribution in [0.2, 0.25) is 0 Å². The molecule has 0 bridgehead atoms. The third-order valence-corrected chi connectivity index (χ3v) is 6.20. The number of carbonyl (C=O) groups excluding carboxylic acids is 1. The lowest BCUT2D eigenvalue weighted by molar-refractivity contribution is -0.0530. The van der Waals surface area contributed by atoms with Gasteiger partial charge in [0.05, 0.1) is 46.4 Å². The Morgan fingerprint density at radius 2 is 2.00 bits per heavy atom. The largest absolute Gasteiger partial charge is 0.350 e. The summed E-state index contributed by atoms with van der Waals surface area (Å²) in [6.07, 6.45) is 1.55. The first-order valence-electron chi connectivity index (χ1n) is 10.6. The lowest BCUT2D eigenvalue weighted by Gasteiger charge is -2.17. The Balaban J connectivity index is 1.42. The first-order chi connectivity index (χ1) is 16.0. The van der Waals surface area contributed by atoms with Gasteiger partial charge in [-0.25, -0.2) is 14.1 Å². The summed E-state index contributed by atoms with van der Waals surface area (Å²) in [6.45, 7) is 3.43. The van der Waals surface area contributed by atoms with E-state index in [1.54, 1.807) is 16.9 Å². The second-order valence-corrected chi connectivity index (χ2v) is 8.25. The van der Waals surface area contributed by atoms with Gasteiger partial charge in [-0.1, -0.05) is 6.07 Å². The van der Waals surface area contributed by atoms with Gasteiger partial charge in [-0.15, -0.1) is 0 Å². The van der Waals surface area contributed by atoms with Crippen molar-refractivity contribution in [1.82, 2.24) is 20.1 Å². The van der Waals surface area contributed by atoms with Gasteiger partial charge in [0.2, 0.25) is 0 Å². The van der Waals surface area contributed by atoms with E-state index < -0.39 is 5.82 Å². The minimum Gasteiger partial charge on any atom is -0.350 e. The van der Waals surface area contributed by atoms with Crippen molar-refractivity contribution in [3.8, 4) is 23.0 Å². The van der Waals surface area contributed by atoms with E-state index >= 15 is 0 Å². The number of nitrogens with zero attached hydrogens (tertiary/aromatic N) is 5. The third kappa shape index (κ3) is 3.16. The van der Waals surface area contributed by atoms with Crippen LogP contribution in [-0.2, 0) is 16.0 Å². The zero-order valence-electron chi connectivity index (χ0n) is 17.7. The summed E-state index contributed by atoms with van der Waals surface area (Å²) in [4.78, 5) is 19.1. The third-order valence-electron chi connectivity index (χ3n) is 6.20. The van der Waals surface area contributed by atoms with Gasteiger partial charge in [-0.2, -0.15) is 10.4 Å². The van der Waals surface area contributed by atoms with Gasteiger partial charge in [-0.05, 0) is 25.1 Å². The molecule has 0 aliphatic carbocycles. The number of aromatic nitrogens is 3. The van der Waals surface area contributed by atoms with Crippen molar-refractivity contribution in [2.24, 2.45) is 0 Å². The second-order valence-electron chi connectivity index (χ2n) is 8.25. The van der Waals surface area contributed by atoms with Crippen LogP contribution in [0, 0.1) is 17.1 Å². The zero-order chi connectivity index (χ0) is 22.7. The van der Waals surface area contributed by atoms with E-state index in [2.05, 4.69) is 20.3 Å². The molecule has 3 atom stereocenters. The monoisotopic (exact) mass is 446 g/mol. The average Bonchev–Trinajstić information content (AvgIpc) is 3.56. The molecule has 2 saturated heterocycles. The normalized spacial score (nSPS) is 23.4. The molecule has 166 valence electrons. The first-order valence-corrected chi connectivity index (χ1v) is 10.6. The Morgan fingerprint density at radius 1 is 1.21 bits per heavy atom. The molecule has 6 rings (SSSR count). The molecule has 10 heteroatoms. The summed E-state index contributed by atoms with van der Waals surface area (Å²) in [7, 11) is 0. The number of hydrogen-bond donors (Lipinski definition) is 1. The molecule has 9 nitrogen and oxygen atoms in total. The Labute approximate surface area is 188 Å². The highest BCUT2D eigenvalue weighted by atomic mass is 19.1. The van der Waals surface area contributed by atoms with Crippen LogP contribution in [-0.4, -0.2) is 52.3 Å². The minimum atomic E-state index is -0.552. The van der Waals surface area contributed by atoms with Crippen LogP contribution in [0.4, 0.5) is 10.2 Å². The van der Waals surface area contributed by atoms with Crippen molar-refractivity contribution in [2.75, 3.05) is 18.0 Å². The Bertz CT molecular complexity index is 1320. The van der Waals surface area contributed by atoms with E-state index in [9.17, 15) is 14.4 Å². The number of anilines is 1. The molecule has 3 aliphatic heterocycles. The molecular formula is C23H19FN6O3. The number of hydrogen-bond acceptors (Lipinski definition) is 7. The summed E-state index contributed by atoms with van der Waals surface area (Å²) in [5.74, 6) is -0.0984. The number of benzene rings is 1. The van der Waals surface area contributed by atoms with Crippen LogP contribution in [0.5, 0.6) is 0 Å². The maximum Gasteiger partial charge on any atom is 0.255 e. The number of halogens is 1. The lowest BCUT2D eigenvalue weighted by atomic mass is 10.0. The molecule has 1 aromatic carbocycles. The molecule has 33 heavy (non-hydrogen) atoms. The van der Waals surface area contributed by atoms with Crippen molar-refractivity contribution in [2.45, 2.75) is 32.0 Å². The molecule has 0 saturated carbocycles. The summed E-state index contributed by atoms with van der Waals surface area (Å²) in [6, 6.07) is 9.79. The Morgan fingerprint density at radius 3 is 2.76 bits per heavy atom. The Kier molecular flexibility index (Phi) is 4.43. The van der Waals surface area contributed by atoms with Gasteiger partial charge in [-0.3, -0.25) is 4.79 Å². The molecule has 1 unspecified atom stereocenters. The van der Waals surface area contributed by atoms with Gasteiger partial charge in [0.1, 0.15) is 18.0 Å². The van der Waals surface area contributed by atoms with E-state index in [-0.39, 0.29) is 47.8 Å². The standard InChI is InChI=1S/C23H19FN6O3/c1-12-32-18-10-29(11-19(18)33-12)20-5-6-30(28-20)17-7-15(27-16-9-26-23(31)22(16)17)21-13(8-25)3-2-4-14(21)24/h2-7,12,18-19H,9-11H2,1H3,(H,26,31)/t12?,18-,19+. The van der Waals surface area contributed by atoms with E-state index in [4.69, 9.17) is 9.47 Å². The molecule has 2 fully saturated rings. The van der Waals surface area contributed by atoms with Crippen LogP contribution in [0.3, 0.4) is 0 Å². The van der Waals surface area contributed by atoms with Crippen LogP contribution >= 0.6 is 0 Å². The van der Waals surface area contributed by atoms with Crippen molar-refractivity contribution in [3.63, 3.8) is 0 Å². The van der Waals surface area contributed by atoms with Gasteiger partial charge in [0.15, 0.2) is 12.1 Å². The number of ether oxygens (including phenoxy) is 2. The van der Waals surface area contributed by atoms with E-state index in [1.165, 1.54) is 18.2 Å². The quantitative estimate of drug-likeness (QED) is 0.657. The molecule has 2 aromatic heterocycles. The van der Waals surface area contributed by atoms with Crippen molar-refractivity contribution < 1.29 is 18.7 Å². The number of carbonyl (C=O) groups is 1. The number of fused-ring (bicyclic) bond motifs is 2. The van der Waals surface area contributed by atoms with E-state index in [0.29, 0.717) is 30.0 Å². The highest BCUT2D eigenvalue weighted by Crippen LogP contribution is 2.33. The highest BCUT2D eigenvalue weighted by molar-refractivity contribution is 6.01. The predicted octanol–water partition coefficient (Wildman–Crippen LogP) is 2.14. The summed E-state index contributed by atoms with van der Waals surface area (Å²) < 4.78 is 27.9. The lowest BCUT2D eigenvalue weighted by Crippen LogP contribution is -2.25. The summed E-state index contributed by atoms with van der Waals surface area (Å²) >= 11 is 0. The zero-order valence-corrected chi connectivity index (χ0v) is 17.7. The molecule has 1 N–H and O–H groups in total. The number of nitrogens with one attached hydrogen (secondary N) is 1. The Hall–Kier alpha value is -3.81. The SMILES string of the molecule is CC1O[C@H]2CN(c3ccn(-c4cc(-c5c(F)cccc5C#N)nc5c4C(=O)NC5)n3)C[C@H]2O1.